The molecule has 31 heavy (non-hydrogen) atoms. The molecule has 1 aromatic heterocycles. The van der Waals surface area contributed by atoms with Crippen LogP contribution in [0.2, 0.25) is 0 Å². The Bertz CT molecular complexity index is 1030. The van der Waals surface area contributed by atoms with Crippen molar-refractivity contribution >= 4 is 56.9 Å². The zero-order valence-electron chi connectivity index (χ0n) is 17.9. The molecule has 0 aliphatic heterocycles. The summed E-state index contributed by atoms with van der Waals surface area (Å²) < 4.78 is 4.89. The van der Waals surface area contributed by atoms with E-state index in [0.29, 0.717) is 39.8 Å². The smallest absolute Gasteiger partial charge is 0.341 e. The predicted molar refractivity (Wildman–Crippen MR) is 125 cm³/mol. The molecule has 2 rings (SSSR count). The Balaban J connectivity index is 2.38. The number of carbonyl (C=O) groups is 2. The van der Waals surface area contributed by atoms with Crippen molar-refractivity contribution in [1.82, 2.24) is 4.90 Å². The molecule has 9 nitrogen and oxygen atoms in total. The van der Waals surface area contributed by atoms with Crippen molar-refractivity contribution in [2.75, 3.05) is 30.8 Å². The first kappa shape index (κ1) is 24.2. The van der Waals surface area contributed by atoms with Crippen molar-refractivity contribution in [3.8, 4) is 0 Å². The van der Waals surface area contributed by atoms with Crippen LogP contribution in [0.4, 0.5) is 16.4 Å². The van der Waals surface area contributed by atoms with E-state index < -0.39 is 10.9 Å². The molecule has 0 saturated carbocycles. The third-order valence-corrected chi connectivity index (χ3v) is 6.16. The molecule has 0 bridgehead atoms. The molecule has 0 spiro atoms. The summed E-state index contributed by atoms with van der Waals surface area (Å²) in [5.41, 5.74) is 1.57. The number of carbonyl (C=O) groups excluding carboxylic acids is 2. The fourth-order valence-corrected chi connectivity index (χ4v) is 4.47. The van der Waals surface area contributed by atoms with Crippen molar-refractivity contribution < 1.29 is 19.2 Å². The van der Waals surface area contributed by atoms with E-state index in [4.69, 9.17) is 17.0 Å². The first-order valence-electron chi connectivity index (χ1n) is 9.49. The Morgan fingerprint density at radius 1 is 1.19 bits per heavy atom. The summed E-state index contributed by atoms with van der Waals surface area (Å²) in [6.45, 7) is 8.13. The fraction of sp³-hybridized carbons (Fsp3) is 0.350. The number of amides is 1. The molecule has 0 saturated heterocycles. The summed E-state index contributed by atoms with van der Waals surface area (Å²) in [7, 11) is 1.26. The number of nitrogens with one attached hydrogen (secondary N) is 2. The van der Waals surface area contributed by atoms with E-state index in [1.165, 1.54) is 13.2 Å². The minimum atomic E-state index is -0.593. The molecule has 1 heterocycles. The summed E-state index contributed by atoms with van der Waals surface area (Å²) in [5, 5.41) is 17.5. The van der Waals surface area contributed by atoms with E-state index in [1.807, 2.05) is 13.8 Å². The number of nitro benzene ring substituents is 1. The monoisotopic (exact) mass is 464 g/mol. The summed E-state index contributed by atoms with van der Waals surface area (Å²) >= 11 is 6.46. The molecule has 166 valence electrons. The molecule has 0 radical (unpaired) electrons. The number of methoxy groups -OCH3 is 1. The van der Waals surface area contributed by atoms with Crippen LogP contribution in [0.1, 0.15) is 45.0 Å². The highest BCUT2D eigenvalue weighted by atomic mass is 32.1. The molecule has 0 unspecified atom stereocenters. The molecular weight excluding hydrogens is 440 g/mol. The Morgan fingerprint density at radius 2 is 1.84 bits per heavy atom. The standard InChI is InChI=1S/C20H24N4O5S2/c1-6-23(7-2)18(25)16-12(4)15(19(26)29-5)17(31-16)22-20(30)21-13-9-8-10-14(11(13)3)24(27)28/h8-10H,6-7H2,1-5H3,(H2,21,22,30). The number of rotatable bonds is 7. The number of ether oxygens (including phenoxy) is 1. The van der Waals surface area contributed by atoms with Crippen LogP contribution in [-0.2, 0) is 4.74 Å². The lowest BCUT2D eigenvalue weighted by Crippen LogP contribution is -2.30. The van der Waals surface area contributed by atoms with Crippen molar-refractivity contribution in [2.45, 2.75) is 27.7 Å². The number of nitro groups is 1. The van der Waals surface area contributed by atoms with Gasteiger partial charge in [0.1, 0.15) is 5.00 Å². The Morgan fingerprint density at radius 3 is 2.39 bits per heavy atom. The maximum atomic E-state index is 12.9. The van der Waals surface area contributed by atoms with Gasteiger partial charge < -0.3 is 20.3 Å². The molecule has 1 amide bonds. The van der Waals surface area contributed by atoms with Crippen LogP contribution < -0.4 is 10.6 Å². The lowest BCUT2D eigenvalue weighted by atomic mass is 10.1. The van der Waals surface area contributed by atoms with Gasteiger partial charge in [0.2, 0.25) is 0 Å². The topological polar surface area (TPSA) is 114 Å². The van der Waals surface area contributed by atoms with Crippen LogP contribution >= 0.6 is 23.6 Å². The summed E-state index contributed by atoms with van der Waals surface area (Å²) in [6, 6.07) is 4.61. The van der Waals surface area contributed by atoms with Crippen molar-refractivity contribution in [2.24, 2.45) is 0 Å². The van der Waals surface area contributed by atoms with Gasteiger partial charge in [0.25, 0.3) is 11.6 Å². The number of anilines is 2. The minimum Gasteiger partial charge on any atom is -0.465 e. The maximum absolute atomic E-state index is 12.9. The summed E-state index contributed by atoms with van der Waals surface area (Å²) in [5.74, 6) is -0.775. The number of thiocarbonyl (C=S) groups is 1. The van der Waals surface area contributed by atoms with Gasteiger partial charge in [-0.25, -0.2) is 4.79 Å². The van der Waals surface area contributed by atoms with Crippen LogP contribution in [0.15, 0.2) is 18.2 Å². The van der Waals surface area contributed by atoms with Crippen molar-refractivity contribution in [3.05, 3.63) is 49.9 Å². The van der Waals surface area contributed by atoms with E-state index in [9.17, 15) is 19.7 Å². The molecule has 0 aliphatic carbocycles. The number of hydrogen-bond donors (Lipinski definition) is 2. The number of thiophene rings is 1. The second kappa shape index (κ2) is 10.3. The molecule has 0 aliphatic rings. The van der Waals surface area contributed by atoms with E-state index >= 15 is 0 Å². The van der Waals surface area contributed by atoms with Crippen LogP contribution in [0.5, 0.6) is 0 Å². The van der Waals surface area contributed by atoms with Gasteiger partial charge in [-0.2, -0.15) is 0 Å². The molecule has 2 N–H and O–H groups in total. The molecule has 0 atom stereocenters. The summed E-state index contributed by atoms with van der Waals surface area (Å²) in [4.78, 5) is 38.0. The van der Waals surface area contributed by atoms with Gasteiger partial charge in [-0.15, -0.1) is 11.3 Å². The largest absolute Gasteiger partial charge is 0.465 e. The number of benzene rings is 1. The molecule has 2 aromatic rings. The third-order valence-electron chi connectivity index (χ3n) is 4.76. The zero-order chi connectivity index (χ0) is 23.3. The molecular formula is C20H24N4O5S2. The van der Waals surface area contributed by atoms with Gasteiger partial charge in [-0.1, -0.05) is 6.07 Å². The van der Waals surface area contributed by atoms with Crippen LogP contribution in [0.25, 0.3) is 0 Å². The third kappa shape index (κ3) is 5.17. The minimum absolute atomic E-state index is 0.0397. The van der Waals surface area contributed by atoms with E-state index in [0.717, 1.165) is 11.3 Å². The van der Waals surface area contributed by atoms with Crippen LogP contribution in [-0.4, -0.2) is 47.0 Å². The Hall–Kier alpha value is -3.05. The van der Waals surface area contributed by atoms with E-state index in [2.05, 4.69) is 10.6 Å². The number of nitrogens with zero attached hydrogens (tertiary/aromatic N) is 2. The molecule has 11 heteroatoms. The summed E-state index contributed by atoms with van der Waals surface area (Å²) in [6.07, 6.45) is 0. The Kier molecular flexibility index (Phi) is 8.06. The highest BCUT2D eigenvalue weighted by Gasteiger charge is 2.27. The van der Waals surface area contributed by atoms with Crippen molar-refractivity contribution in [3.63, 3.8) is 0 Å². The highest BCUT2D eigenvalue weighted by molar-refractivity contribution is 7.80. The second-order valence-corrected chi connectivity index (χ2v) is 7.94. The highest BCUT2D eigenvalue weighted by Crippen LogP contribution is 2.35. The van der Waals surface area contributed by atoms with Crippen LogP contribution in [0.3, 0.4) is 0 Å². The van der Waals surface area contributed by atoms with Gasteiger partial charge in [-0.05, 0) is 51.5 Å². The van der Waals surface area contributed by atoms with Gasteiger partial charge in [0.05, 0.1) is 33.7 Å². The lowest BCUT2D eigenvalue weighted by molar-refractivity contribution is -0.385. The van der Waals surface area contributed by atoms with Gasteiger partial charge in [0, 0.05) is 19.2 Å². The second-order valence-electron chi connectivity index (χ2n) is 6.52. The first-order valence-corrected chi connectivity index (χ1v) is 10.7. The quantitative estimate of drug-likeness (QED) is 0.269. The molecule has 1 aromatic carbocycles. The normalized spacial score (nSPS) is 10.4. The van der Waals surface area contributed by atoms with Crippen LogP contribution in [0, 0.1) is 24.0 Å². The predicted octanol–water partition coefficient (Wildman–Crippen LogP) is 4.35. The number of esters is 1. The first-order chi connectivity index (χ1) is 14.7. The average molecular weight is 465 g/mol. The van der Waals surface area contributed by atoms with Gasteiger partial charge in [0.15, 0.2) is 5.11 Å². The van der Waals surface area contributed by atoms with Gasteiger partial charge >= 0.3 is 5.97 Å². The lowest BCUT2D eigenvalue weighted by Gasteiger charge is -2.18. The SMILES string of the molecule is CCN(CC)C(=O)c1sc(NC(=S)Nc2cccc([N+](=O)[O-])c2C)c(C(=O)OC)c1C. The average Bonchev–Trinajstić information content (AvgIpc) is 3.05. The van der Waals surface area contributed by atoms with E-state index in [-0.39, 0.29) is 22.3 Å². The zero-order valence-corrected chi connectivity index (χ0v) is 19.5. The van der Waals surface area contributed by atoms with E-state index in [1.54, 1.807) is 30.9 Å². The van der Waals surface area contributed by atoms with Gasteiger partial charge in [-0.3, -0.25) is 14.9 Å². The molecule has 0 fully saturated rings. The maximum Gasteiger partial charge on any atom is 0.341 e. The van der Waals surface area contributed by atoms with Crippen molar-refractivity contribution in [1.29, 1.82) is 0 Å². The Labute approximate surface area is 189 Å². The number of hydrogen-bond acceptors (Lipinski definition) is 7. The fourth-order valence-electron chi connectivity index (χ4n) is 3.02.